The van der Waals surface area contributed by atoms with Crippen LogP contribution < -0.4 is 10.6 Å². The fourth-order valence-corrected chi connectivity index (χ4v) is 2.41. The molecule has 0 saturated carbocycles. The predicted octanol–water partition coefficient (Wildman–Crippen LogP) is 3.84. The number of aliphatic hydroxyl groups is 1. The number of amides is 1. The number of rotatable bonds is 5. The molecule has 0 aliphatic carbocycles. The maximum absolute atomic E-state index is 12.0. The number of aliphatic hydroxyl groups excluding tert-OH is 1. The Morgan fingerprint density at radius 3 is 2.64 bits per heavy atom. The third kappa shape index (κ3) is 4.13. The maximum Gasteiger partial charge on any atom is 0.243 e. The minimum Gasteiger partial charge on any atom is -0.392 e. The third-order valence-corrected chi connectivity index (χ3v) is 3.78. The van der Waals surface area contributed by atoms with Gasteiger partial charge in [0.05, 0.1) is 34.6 Å². The van der Waals surface area contributed by atoms with Gasteiger partial charge in [-0.25, -0.2) is 0 Å². The van der Waals surface area contributed by atoms with E-state index in [2.05, 4.69) is 10.6 Å². The zero-order valence-electron chi connectivity index (χ0n) is 12.0. The van der Waals surface area contributed by atoms with Gasteiger partial charge in [-0.2, -0.15) is 0 Å². The number of hydrogen-bond acceptors (Lipinski definition) is 3. The van der Waals surface area contributed by atoms with Gasteiger partial charge in [0.15, 0.2) is 0 Å². The van der Waals surface area contributed by atoms with Gasteiger partial charge in [0.2, 0.25) is 5.91 Å². The summed E-state index contributed by atoms with van der Waals surface area (Å²) >= 11 is 12.1. The second kappa shape index (κ2) is 7.49. The molecule has 0 unspecified atom stereocenters. The van der Waals surface area contributed by atoms with E-state index < -0.39 is 0 Å². The number of carbonyl (C=O) groups is 1. The molecule has 2 aromatic carbocycles. The number of halogens is 2. The number of anilines is 2. The van der Waals surface area contributed by atoms with E-state index in [4.69, 9.17) is 28.3 Å². The summed E-state index contributed by atoms with van der Waals surface area (Å²) in [7, 11) is 0. The number of hydrogen-bond donors (Lipinski definition) is 3. The lowest BCUT2D eigenvalue weighted by molar-refractivity contribution is -0.114. The number of benzene rings is 2. The molecule has 6 heteroatoms. The summed E-state index contributed by atoms with van der Waals surface area (Å²) in [6.07, 6.45) is 0. The van der Waals surface area contributed by atoms with Crippen LogP contribution in [0.2, 0.25) is 10.0 Å². The molecule has 0 aliphatic rings. The monoisotopic (exact) mass is 338 g/mol. The molecular weight excluding hydrogens is 323 g/mol. The molecule has 0 spiro atoms. The first-order valence-corrected chi connectivity index (χ1v) is 7.45. The summed E-state index contributed by atoms with van der Waals surface area (Å²) in [5.74, 6) is -0.235. The van der Waals surface area contributed by atoms with E-state index in [0.29, 0.717) is 27.0 Å². The molecule has 0 bridgehead atoms. The molecule has 0 aromatic heterocycles. The number of aryl methyl sites for hydroxylation is 1. The van der Waals surface area contributed by atoms with Crippen LogP contribution in [0.15, 0.2) is 36.4 Å². The highest BCUT2D eigenvalue weighted by atomic mass is 35.5. The number of carbonyl (C=O) groups excluding carboxylic acids is 1. The summed E-state index contributed by atoms with van der Waals surface area (Å²) in [6.45, 7) is 1.83. The Morgan fingerprint density at radius 1 is 1.18 bits per heavy atom. The summed E-state index contributed by atoms with van der Waals surface area (Å²) < 4.78 is 0. The summed E-state index contributed by atoms with van der Waals surface area (Å²) in [4.78, 5) is 12.0. The van der Waals surface area contributed by atoms with Crippen molar-refractivity contribution in [3.8, 4) is 0 Å². The predicted molar refractivity (Wildman–Crippen MR) is 90.7 cm³/mol. The highest BCUT2D eigenvalue weighted by Crippen LogP contribution is 2.25. The number of nitrogens with one attached hydrogen (secondary N) is 2. The van der Waals surface area contributed by atoms with E-state index in [1.165, 1.54) is 0 Å². The van der Waals surface area contributed by atoms with Gasteiger partial charge in [-0.05, 0) is 36.2 Å². The highest BCUT2D eigenvalue weighted by molar-refractivity contribution is 6.34. The molecule has 116 valence electrons. The quantitative estimate of drug-likeness (QED) is 0.776. The van der Waals surface area contributed by atoms with Gasteiger partial charge in [0.1, 0.15) is 0 Å². The van der Waals surface area contributed by atoms with Crippen molar-refractivity contribution in [1.82, 2.24) is 0 Å². The minimum atomic E-state index is -0.235. The molecule has 0 atom stereocenters. The topological polar surface area (TPSA) is 61.4 Å². The zero-order chi connectivity index (χ0) is 16.1. The van der Waals surface area contributed by atoms with Crippen molar-refractivity contribution in [3.05, 3.63) is 57.6 Å². The minimum absolute atomic E-state index is 0.0409. The molecule has 1 amide bonds. The molecule has 0 heterocycles. The second-order valence-electron chi connectivity index (χ2n) is 4.81. The van der Waals surface area contributed by atoms with Gasteiger partial charge in [-0.3, -0.25) is 4.79 Å². The van der Waals surface area contributed by atoms with Crippen molar-refractivity contribution in [2.75, 3.05) is 17.2 Å². The van der Waals surface area contributed by atoms with Crippen LogP contribution in [0, 0.1) is 6.92 Å². The SMILES string of the molecule is Cc1cccc(Cl)c1NC(=O)CNc1cc(CO)ccc1Cl. The maximum atomic E-state index is 12.0. The first-order chi connectivity index (χ1) is 10.5. The Balaban J connectivity index is 2.01. The lowest BCUT2D eigenvalue weighted by atomic mass is 10.2. The zero-order valence-corrected chi connectivity index (χ0v) is 13.5. The number of para-hydroxylation sites is 1. The van der Waals surface area contributed by atoms with Crippen molar-refractivity contribution in [2.24, 2.45) is 0 Å². The standard InChI is InChI=1S/C16H16Cl2N2O2/c1-10-3-2-4-13(18)16(10)20-15(22)8-19-14-7-11(9-21)5-6-12(14)17/h2-7,19,21H,8-9H2,1H3,(H,20,22). The van der Waals surface area contributed by atoms with E-state index in [1.54, 1.807) is 24.3 Å². The average Bonchev–Trinajstić information content (AvgIpc) is 2.50. The van der Waals surface area contributed by atoms with E-state index in [1.807, 2.05) is 19.1 Å². The van der Waals surface area contributed by atoms with Crippen LogP contribution in [0.3, 0.4) is 0 Å². The van der Waals surface area contributed by atoms with Gasteiger partial charge in [-0.1, -0.05) is 41.4 Å². The van der Waals surface area contributed by atoms with Gasteiger partial charge < -0.3 is 15.7 Å². The first kappa shape index (κ1) is 16.6. The van der Waals surface area contributed by atoms with Crippen molar-refractivity contribution in [1.29, 1.82) is 0 Å². The highest BCUT2D eigenvalue weighted by Gasteiger charge is 2.09. The second-order valence-corrected chi connectivity index (χ2v) is 5.62. The molecule has 0 saturated heterocycles. The van der Waals surface area contributed by atoms with Crippen molar-refractivity contribution >= 4 is 40.5 Å². The smallest absolute Gasteiger partial charge is 0.243 e. The molecule has 0 radical (unpaired) electrons. The molecule has 0 aliphatic heterocycles. The van der Waals surface area contributed by atoms with E-state index in [0.717, 1.165) is 5.56 Å². The molecule has 2 rings (SSSR count). The van der Waals surface area contributed by atoms with E-state index in [-0.39, 0.29) is 19.1 Å². The lowest BCUT2D eigenvalue weighted by Crippen LogP contribution is -2.22. The fourth-order valence-electron chi connectivity index (χ4n) is 1.96. The van der Waals surface area contributed by atoms with Crippen LogP contribution in [0.4, 0.5) is 11.4 Å². The van der Waals surface area contributed by atoms with Gasteiger partial charge in [-0.15, -0.1) is 0 Å². The summed E-state index contributed by atoms with van der Waals surface area (Å²) in [5.41, 5.74) is 2.81. The summed E-state index contributed by atoms with van der Waals surface area (Å²) in [6, 6.07) is 10.5. The average molecular weight is 339 g/mol. The third-order valence-electron chi connectivity index (χ3n) is 3.14. The normalized spacial score (nSPS) is 10.4. The van der Waals surface area contributed by atoms with Crippen LogP contribution in [-0.2, 0) is 11.4 Å². The van der Waals surface area contributed by atoms with Crippen molar-refractivity contribution in [2.45, 2.75) is 13.5 Å². The van der Waals surface area contributed by atoms with Crippen molar-refractivity contribution < 1.29 is 9.90 Å². The van der Waals surface area contributed by atoms with Gasteiger partial charge in [0, 0.05) is 0 Å². The molecule has 3 N–H and O–H groups in total. The largest absolute Gasteiger partial charge is 0.392 e. The molecule has 22 heavy (non-hydrogen) atoms. The molecule has 0 fully saturated rings. The van der Waals surface area contributed by atoms with Gasteiger partial charge >= 0.3 is 0 Å². The van der Waals surface area contributed by atoms with Crippen LogP contribution in [0.5, 0.6) is 0 Å². The molecule has 2 aromatic rings. The van der Waals surface area contributed by atoms with E-state index in [9.17, 15) is 4.79 Å². The molecular formula is C16H16Cl2N2O2. The Kier molecular flexibility index (Phi) is 5.66. The Labute approximate surface area is 139 Å². The van der Waals surface area contributed by atoms with Crippen LogP contribution in [0.1, 0.15) is 11.1 Å². The molecule has 4 nitrogen and oxygen atoms in total. The van der Waals surface area contributed by atoms with E-state index >= 15 is 0 Å². The Hall–Kier alpha value is -1.75. The van der Waals surface area contributed by atoms with Crippen molar-refractivity contribution in [3.63, 3.8) is 0 Å². The summed E-state index contributed by atoms with van der Waals surface area (Å²) in [5, 5.41) is 15.8. The Morgan fingerprint density at radius 2 is 1.95 bits per heavy atom. The van der Waals surface area contributed by atoms with Crippen LogP contribution in [-0.4, -0.2) is 17.6 Å². The fraction of sp³-hybridized carbons (Fsp3) is 0.188. The lowest BCUT2D eigenvalue weighted by Gasteiger charge is -2.12. The van der Waals surface area contributed by atoms with Crippen LogP contribution in [0.25, 0.3) is 0 Å². The van der Waals surface area contributed by atoms with Gasteiger partial charge in [0.25, 0.3) is 0 Å². The Bertz CT molecular complexity index is 670. The first-order valence-electron chi connectivity index (χ1n) is 6.69. The van der Waals surface area contributed by atoms with Crippen LogP contribution >= 0.6 is 23.2 Å².